The van der Waals surface area contributed by atoms with Crippen molar-refractivity contribution in [1.82, 2.24) is 4.98 Å². The number of halogens is 1. The third-order valence-corrected chi connectivity index (χ3v) is 2.58. The van der Waals surface area contributed by atoms with Crippen LogP contribution in [0.3, 0.4) is 0 Å². The van der Waals surface area contributed by atoms with E-state index < -0.39 is 0 Å². The van der Waals surface area contributed by atoms with Gasteiger partial charge in [0.1, 0.15) is 11.2 Å². The number of rotatable bonds is 1. The topological polar surface area (TPSA) is 12.9 Å². The Morgan fingerprint density at radius 2 is 2.17 bits per heavy atom. The summed E-state index contributed by atoms with van der Waals surface area (Å²) >= 11 is 7.51. The molecule has 2 rings (SSSR count). The van der Waals surface area contributed by atoms with Crippen molar-refractivity contribution < 1.29 is 0 Å². The van der Waals surface area contributed by atoms with Gasteiger partial charge in [0.05, 0.1) is 5.02 Å². The quantitative estimate of drug-likeness (QED) is 0.679. The Balaban J connectivity index is 2.55. The summed E-state index contributed by atoms with van der Waals surface area (Å²) in [4.78, 5) is 4.06. The lowest BCUT2D eigenvalue weighted by atomic mass is 10.2. The molecule has 0 aliphatic rings. The molecule has 12 heavy (non-hydrogen) atoms. The van der Waals surface area contributed by atoms with E-state index in [4.69, 9.17) is 11.6 Å². The number of benzene rings is 1. The van der Waals surface area contributed by atoms with E-state index in [0.717, 1.165) is 15.6 Å². The van der Waals surface area contributed by atoms with Gasteiger partial charge < -0.3 is 0 Å². The first-order valence-corrected chi connectivity index (χ1v) is 4.70. The molecular formula is C9H5ClNS. The largest absolute Gasteiger partial charge is 0.234 e. The second kappa shape index (κ2) is 3.25. The Morgan fingerprint density at radius 1 is 1.33 bits per heavy atom. The predicted molar refractivity (Wildman–Crippen MR) is 51.4 cm³/mol. The highest BCUT2D eigenvalue weighted by molar-refractivity contribution is 7.13. The Hall–Kier alpha value is -0.860. The van der Waals surface area contributed by atoms with E-state index in [1.807, 2.05) is 29.6 Å². The van der Waals surface area contributed by atoms with Crippen molar-refractivity contribution in [3.63, 3.8) is 0 Å². The van der Waals surface area contributed by atoms with Crippen molar-refractivity contribution in [2.75, 3.05) is 0 Å². The van der Waals surface area contributed by atoms with Crippen LogP contribution in [0.15, 0.2) is 29.6 Å². The molecule has 0 aliphatic heterocycles. The molecule has 0 spiro atoms. The fraction of sp³-hybridized carbons (Fsp3) is 0. The summed E-state index contributed by atoms with van der Waals surface area (Å²) in [6, 6.07) is 7.67. The molecule has 1 nitrogen and oxygen atoms in total. The zero-order valence-electron chi connectivity index (χ0n) is 6.12. The van der Waals surface area contributed by atoms with Gasteiger partial charge in [0.25, 0.3) is 0 Å². The average molecular weight is 195 g/mol. The molecule has 0 saturated carbocycles. The summed E-state index contributed by atoms with van der Waals surface area (Å²) in [6.07, 6.45) is 2.77. The molecule has 0 saturated heterocycles. The number of hydrogen-bond acceptors (Lipinski definition) is 2. The lowest BCUT2D eigenvalue weighted by molar-refractivity contribution is 1.40. The van der Waals surface area contributed by atoms with Crippen molar-refractivity contribution in [3.8, 4) is 10.6 Å². The van der Waals surface area contributed by atoms with Crippen molar-refractivity contribution in [2.45, 2.75) is 0 Å². The number of thiazole rings is 1. The Bertz CT molecular complexity index is 370. The molecule has 0 aliphatic carbocycles. The number of aromatic nitrogens is 1. The van der Waals surface area contributed by atoms with Crippen LogP contribution < -0.4 is 0 Å². The molecule has 59 valence electrons. The molecular weight excluding hydrogens is 190 g/mol. The summed E-state index contributed by atoms with van der Waals surface area (Å²) in [6.45, 7) is 0. The second-order valence-electron chi connectivity index (χ2n) is 2.26. The molecule has 1 aromatic heterocycles. The molecule has 0 N–H and O–H groups in total. The Morgan fingerprint density at radius 3 is 2.83 bits per heavy atom. The molecule has 3 heteroatoms. The second-order valence-corrected chi connectivity index (χ2v) is 3.53. The maximum absolute atomic E-state index is 5.97. The van der Waals surface area contributed by atoms with Crippen molar-refractivity contribution in [1.29, 1.82) is 0 Å². The first-order valence-electron chi connectivity index (χ1n) is 3.44. The lowest BCUT2D eigenvalue weighted by Crippen LogP contribution is -1.75. The van der Waals surface area contributed by atoms with Crippen LogP contribution in [0.4, 0.5) is 0 Å². The van der Waals surface area contributed by atoms with Gasteiger partial charge in [-0.05, 0) is 6.07 Å². The maximum Gasteiger partial charge on any atom is 0.125 e. The molecule has 1 heterocycles. The van der Waals surface area contributed by atoms with Gasteiger partial charge in [-0.1, -0.05) is 29.8 Å². The van der Waals surface area contributed by atoms with Gasteiger partial charge in [0.2, 0.25) is 0 Å². The third-order valence-electron chi connectivity index (χ3n) is 1.49. The smallest absolute Gasteiger partial charge is 0.125 e. The molecule has 0 amide bonds. The van der Waals surface area contributed by atoms with Crippen LogP contribution in [0, 0.1) is 6.20 Å². The minimum absolute atomic E-state index is 0.737. The highest BCUT2D eigenvalue weighted by Gasteiger charge is 2.03. The zero-order chi connectivity index (χ0) is 8.39. The predicted octanol–water partition coefficient (Wildman–Crippen LogP) is 3.26. The summed E-state index contributed by atoms with van der Waals surface area (Å²) in [5, 5.41) is 3.47. The van der Waals surface area contributed by atoms with E-state index in [9.17, 15) is 0 Å². The zero-order valence-corrected chi connectivity index (χ0v) is 7.69. The SMILES string of the molecule is Clc1ccccc1-c1n[c]cs1. The molecule has 1 radical (unpaired) electrons. The maximum atomic E-state index is 5.97. The Kier molecular flexibility index (Phi) is 2.11. The van der Waals surface area contributed by atoms with Gasteiger partial charge in [0, 0.05) is 10.9 Å². The lowest BCUT2D eigenvalue weighted by Gasteiger charge is -1.97. The van der Waals surface area contributed by atoms with Crippen LogP contribution in [0.25, 0.3) is 10.6 Å². The molecule has 2 aromatic rings. The van der Waals surface area contributed by atoms with Crippen molar-refractivity contribution >= 4 is 22.9 Å². The van der Waals surface area contributed by atoms with Crippen LogP contribution in [0.5, 0.6) is 0 Å². The normalized spacial score (nSPS) is 10.1. The van der Waals surface area contributed by atoms with Gasteiger partial charge in [-0.3, -0.25) is 0 Å². The third kappa shape index (κ3) is 1.36. The molecule has 1 aromatic carbocycles. The van der Waals surface area contributed by atoms with E-state index in [-0.39, 0.29) is 0 Å². The van der Waals surface area contributed by atoms with Gasteiger partial charge in [0.15, 0.2) is 0 Å². The van der Waals surface area contributed by atoms with Crippen molar-refractivity contribution in [2.24, 2.45) is 0 Å². The van der Waals surface area contributed by atoms with E-state index in [1.165, 1.54) is 11.3 Å². The monoisotopic (exact) mass is 194 g/mol. The number of hydrogen-bond donors (Lipinski definition) is 0. The van der Waals surface area contributed by atoms with Gasteiger partial charge in [-0.15, -0.1) is 11.3 Å². The van der Waals surface area contributed by atoms with E-state index in [1.54, 1.807) is 0 Å². The van der Waals surface area contributed by atoms with Crippen molar-refractivity contribution in [3.05, 3.63) is 40.9 Å². The van der Waals surface area contributed by atoms with Crippen LogP contribution in [0.1, 0.15) is 0 Å². The van der Waals surface area contributed by atoms with Crippen LogP contribution >= 0.6 is 22.9 Å². The molecule has 0 bridgehead atoms. The molecule has 0 fully saturated rings. The first kappa shape index (κ1) is 7.77. The standard InChI is InChI=1S/C9H5ClNS/c10-8-4-2-1-3-7(8)9-11-5-6-12-9/h1-4,6H. The van der Waals surface area contributed by atoms with Crippen LogP contribution in [-0.2, 0) is 0 Å². The summed E-state index contributed by atoms with van der Waals surface area (Å²) in [5.74, 6) is 0. The van der Waals surface area contributed by atoms with Gasteiger partial charge in [-0.25, -0.2) is 4.98 Å². The van der Waals surface area contributed by atoms with E-state index in [0.29, 0.717) is 0 Å². The van der Waals surface area contributed by atoms with Crippen LogP contribution in [-0.4, -0.2) is 4.98 Å². The molecule has 0 atom stereocenters. The minimum atomic E-state index is 0.737. The average Bonchev–Trinajstić information content (AvgIpc) is 2.57. The van der Waals surface area contributed by atoms with Gasteiger partial charge >= 0.3 is 0 Å². The molecule has 0 unspecified atom stereocenters. The Labute approximate surface area is 79.7 Å². The fourth-order valence-corrected chi connectivity index (χ4v) is 1.86. The van der Waals surface area contributed by atoms with Crippen LogP contribution in [0.2, 0.25) is 5.02 Å². The fourth-order valence-electron chi connectivity index (χ4n) is 0.952. The highest BCUT2D eigenvalue weighted by atomic mass is 35.5. The first-order chi connectivity index (χ1) is 5.88. The summed E-state index contributed by atoms with van der Waals surface area (Å²) in [5.41, 5.74) is 0.977. The summed E-state index contributed by atoms with van der Waals surface area (Å²) < 4.78 is 0. The van der Waals surface area contributed by atoms with E-state index in [2.05, 4.69) is 11.2 Å². The van der Waals surface area contributed by atoms with E-state index >= 15 is 0 Å². The van der Waals surface area contributed by atoms with Gasteiger partial charge in [-0.2, -0.15) is 0 Å². The number of nitrogens with zero attached hydrogens (tertiary/aromatic N) is 1. The highest BCUT2D eigenvalue weighted by Crippen LogP contribution is 2.28. The summed E-state index contributed by atoms with van der Waals surface area (Å²) in [7, 11) is 0. The minimum Gasteiger partial charge on any atom is -0.234 e.